The second-order valence-electron chi connectivity index (χ2n) is 10.3. The van der Waals surface area contributed by atoms with E-state index in [1.807, 2.05) is 13.0 Å². The molecule has 7 heteroatoms. The van der Waals surface area contributed by atoms with Gasteiger partial charge in [0.15, 0.2) is 0 Å². The van der Waals surface area contributed by atoms with Crippen LogP contribution in [0.5, 0.6) is 0 Å². The number of carbonyl (C=O) groups is 1. The smallest absolute Gasteiger partial charge is 0.270 e. The SMILES string of the molecule is Cc1c(C(=O)Nc2cccc(C(C)(F)F)c2)cc(C(C)(C)C)n1CCC(C)N1CCNCC1. The topological polar surface area (TPSA) is 49.3 Å². The number of aromatic nitrogens is 1. The molecule has 33 heavy (non-hydrogen) atoms. The average Bonchev–Trinajstić information content (AvgIpc) is 3.09. The standard InChI is InChI=1S/C26H38F2N4O/c1-18(31-14-11-29-12-15-31)10-13-32-19(2)22(17-23(32)25(3,4)5)24(33)30-21-9-7-8-20(16-21)26(6,27)28/h7-9,16-18,29H,10-15H2,1-6H3,(H,30,33). The molecule has 0 bridgehead atoms. The van der Waals surface area contributed by atoms with Gasteiger partial charge >= 0.3 is 0 Å². The number of nitrogens with one attached hydrogen (secondary N) is 2. The van der Waals surface area contributed by atoms with E-state index in [9.17, 15) is 13.6 Å². The van der Waals surface area contributed by atoms with Crippen LogP contribution in [0.4, 0.5) is 14.5 Å². The fourth-order valence-electron chi connectivity index (χ4n) is 4.47. The number of carbonyl (C=O) groups excluding carboxylic acids is 1. The molecule has 1 saturated heterocycles. The van der Waals surface area contributed by atoms with Crippen LogP contribution in [0.15, 0.2) is 30.3 Å². The fraction of sp³-hybridized carbons (Fsp3) is 0.577. The molecule has 1 aliphatic rings. The first-order valence-corrected chi connectivity index (χ1v) is 11.8. The molecular formula is C26H38F2N4O. The lowest BCUT2D eigenvalue weighted by atomic mass is 9.91. The summed E-state index contributed by atoms with van der Waals surface area (Å²) in [7, 11) is 0. The van der Waals surface area contributed by atoms with Gasteiger partial charge in [0.2, 0.25) is 0 Å². The van der Waals surface area contributed by atoms with Crippen LogP contribution in [0.1, 0.15) is 68.3 Å². The van der Waals surface area contributed by atoms with Gasteiger partial charge in [0.05, 0.1) is 5.56 Å². The lowest BCUT2D eigenvalue weighted by molar-refractivity contribution is 0.0175. The highest BCUT2D eigenvalue weighted by atomic mass is 19.3. The van der Waals surface area contributed by atoms with E-state index < -0.39 is 5.92 Å². The second-order valence-corrected chi connectivity index (χ2v) is 10.3. The van der Waals surface area contributed by atoms with Crippen molar-refractivity contribution in [3.63, 3.8) is 0 Å². The lowest BCUT2D eigenvalue weighted by Crippen LogP contribution is -2.47. The van der Waals surface area contributed by atoms with Crippen LogP contribution >= 0.6 is 0 Å². The molecule has 0 aliphatic carbocycles. The summed E-state index contributed by atoms with van der Waals surface area (Å²) in [6.45, 7) is 16.5. The zero-order valence-electron chi connectivity index (χ0n) is 20.8. The van der Waals surface area contributed by atoms with Crippen molar-refractivity contribution in [2.45, 2.75) is 71.9 Å². The third kappa shape index (κ3) is 6.21. The number of hydrogen-bond donors (Lipinski definition) is 2. The largest absolute Gasteiger partial charge is 0.347 e. The maximum absolute atomic E-state index is 13.7. The van der Waals surface area contributed by atoms with Crippen LogP contribution in [-0.4, -0.2) is 47.6 Å². The first-order chi connectivity index (χ1) is 15.4. The Morgan fingerprint density at radius 1 is 1.15 bits per heavy atom. The van der Waals surface area contributed by atoms with E-state index in [4.69, 9.17) is 0 Å². The van der Waals surface area contributed by atoms with Crippen molar-refractivity contribution >= 4 is 11.6 Å². The Labute approximate surface area is 196 Å². The molecule has 0 radical (unpaired) electrons. The number of anilines is 1. The van der Waals surface area contributed by atoms with Crippen LogP contribution in [-0.2, 0) is 17.9 Å². The van der Waals surface area contributed by atoms with Crippen molar-refractivity contribution in [3.8, 4) is 0 Å². The lowest BCUT2D eigenvalue weighted by Gasteiger charge is -2.33. The molecule has 1 aromatic heterocycles. The summed E-state index contributed by atoms with van der Waals surface area (Å²) >= 11 is 0. The van der Waals surface area contributed by atoms with Crippen molar-refractivity contribution in [1.82, 2.24) is 14.8 Å². The molecule has 5 nitrogen and oxygen atoms in total. The molecule has 0 saturated carbocycles. The van der Waals surface area contributed by atoms with Crippen molar-refractivity contribution < 1.29 is 13.6 Å². The number of rotatable bonds is 7. The molecule has 1 aliphatic heterocycles. The van der Waals surface area contributed by atoms with Gasteiger partial charge in [0.1, 0.15) is 0 Å². The minimum atomic E-state index is -2.96. The number of amides is 1. The van der Waals surface area contributed by atoms with Crippen LogP contribution < -0.4 is 10.6 Å². The predicted molar refractivity (Wildman–Crippen MR) is 130 cm³/mol. The fourth-order valence-corrected chi connectivity index (χ4v) is 4.47. The zero-order valence-corrected chi connectivity index (χ0v) is 20.8. The normalized spacial score (nSPS) is 16.6. The Morgan fingerprint density at radius 3 is 2.42 bits per heavy atom. The first-order valence-electron chi connectivity index (χ1n) is 11.8. The summed E-state index contributed by atoms with van der Waals surface area (Å²) in [5, 5.41) is 6.22. The summed E-state index contributed by atoms with van der Waals surface area (Å²) in [6, 6.07) is 8.30. The van der Waals surface area contributed by atoms with Gasteiger partial charge in [-0.15, -0.1) is 0 Å². The van der Waals surface area contributed by atoms with E-state index in [0.29, 0.717) is 17.3 Å². The quantitative estimate of drug-likeness (QED) is 0.601. The summed E-state index contributed by atoms with van der Waals surface area (Å²) in [5.41, 5.74) is 2.71. The predicted octanol–water partition coefficient (Wildman–Crippen LogP) is 5.14. The molecule has 1 amide bonds. The highest BCUT2D eigenvalue weighted by Gasteiger charge is 2.27. The number of benzene rings is 1. The molecule has 1 aromatic carbocycles. The monoisotopic (exact) mass is 460 g/mol. The Balaban J connectivity index is 1.81. The third-order valence-electron chi connectivity index (χ3n) is 6.55. The first kappa shape index (κ1) is 25.4. The molecule has 1 atom stereocenters. The van der Waals surface area contributed by atoms with E-state index in [1.54, 1.807) is 12.1 Å². The van der Waals surface area contributed by atoms with Gasteiger partial charge < -0.3 is 15.2 Å². The van der Waals surface area contributed by atoms with Gasteiger partial charge in [-0.3, -0.25) is 9.69 Å². The van der Waals surface area contributed by atoms with E-state index >= 15 is 0 Å². The third-order valence-corrected chi connectivity index (χ3v) is 6.55. The molecule has 0 spiro atoms. The van der Waals surface area contributed by atoms with Crippen LogP contribution in [0.2, 0.25) is 0 Å². The molecule has 1 unspecified atom stereocenters. The Kier molecular flexibility index (Phi) is 7.64. The molecule has 2 N–H and O–H groups in total. The van der Waals surface area contributed by atoms with Crippen molar-refractivity contribution in [2.75, 3.05) is 31.5 Å². The van der Waals surface area contributed by atoms with E-state index in [2.05, 4.69) is 47.8 Å². The molecule has 2 aromatic rings. The van der Waals surface area contributed by atoms with Crippen molar-refractivity contribution in [2.24, 2.45) is 0 Å². The number of piperazine rings is 1. The number of halogens is 2. The van der Waals surface area contributed by atoms with Crippen LogP contribution in [0.3, 0.4) is 0 Å². The summed E-state index contributed by atoms with van der Waals surface area (Å²) < 4.78 is 29.7. The number of nitrogens with zero attached hydrogens (tertiary/aromatic N) is 2. The molecular weight excluding hydrogens is 422 g/mol. The van der Waals surface area contributed by atoms with Gasteiger partial charge in [0, 0.05) is 73.7 Å². The Bertz CT molecular complexity index is 966. The van der Waals surface area contributed by atoms with E-state index in [0.717, 1.165) is 57.5 Å². The van der Waals surface area contributed by atoms with Crippen LogP contribution in [0, 0.1) is 6.92 Å². The maximum Gasteiger partial charge on any atom is 0.270 e. The van der Waals surface area contributed by atoms with Gasteiger partial charge in [-0.05, 0) is 38.5 Å². The highest BCUT2D eigenvalue weighted by Crippen LogP contribution is 2.31. The van der Waals surface area contributed by atoms with Crippen molar-refractivity contribution in [1.29, 1.82) is 0 Å². The summed E-state index contributed by atoms with van der Waals surface area (Å²) in [6.07, 6.45) is 0.993. The van der Waals surface area contributed by atoms with E-state index in [-0.39, 0.29) is 16.9 Å². The molecule has 1 fully saturated rings. The van der Waals surface area contributed by atoms with Gasteiger partial charge in [0.25, 0.3) is 11.8 Å². The summed E-state index contributed by atoms with van der Waals surface area (Å²) in [4.78, 5) is 15.7. The number of hydrogen-bond acceptors (Lipinski definition) is 3. The average molecular weight is 461 g/mol. The van der Waals surface area contributed by atoms with Crippen molar-refractivity contribution in [3.05, 3.63) is 52.8 Å². The minimum absolute atomic E-state index is 0.119. The highest BCUT2D eigenvalue weighted by molar-refractivity contribution is 6.05. The van der Waals surface area contributed by atoms with E-state index in [1.165, 1.54) is 12.1 Å². The van der Waals surface area contributed by atoms with Crippen LogP contribution in [0.25, 0.3) is 0 Å². The molecule has 3 rings (SSSR count). The second kappa shape index (κ2) is 9.94. The van der Waals surface area contributed by atoms with Gasteiger partial charge in [-0.1, -0.05) is 32.9 Å². The zero-order chi connectivity index (χ0) is 24.4. The Hall–Kier alpha value is -2.25. The summed E-state index contributed by atoms with van der Waals surface area (Å²) in [5.74, 6) is -3.23. The molecule has 2 heterocycles. The minimum Gasteiger partial charge on any atom is -0.347 e. The number of alkyl halides is 2. The van der Waals surface area contributed by atoms with Gasteiger partial charge in [-0.25, -0.2) is 8.78 Å². The maximum atomic E-state index is 13.7. The molecule has 182 valence electrons. The Morgan fingerprint density at radius 2 is 1.82 bits per heavy atom. The van der Waals surface area contributed by atoms with Gasteiger partial charge in [-0.2, -0.15) is 0 Å².